The number of aryl methyl sites for hydroxylation is 1. The van der Waals surface area contributed by atoms with Gasteiger partial charge >= 0.3 is 0 Å². The molecule has 0 fully saturated rings. The molecule has 2 rings (SSSR count). The van der Waals surface area contributed by atoms with Crippen LogP contribution in [0.4, 0.5) is 4.39 Å². The second kappa shape index (κ2) is 5.93. The molecule has 0 unspecified atom stereocenters. The van der Waals surface area contributed by atoms with E-state index in [1.165, 1.54) is 7.11 Å². The van der Waals surface area contributed by atoms with Gasteiger partial charge < -0.3 is 10.1 Å². The van der Waals surface area contributed by atoms with Gasteiger partial charge in [-0.25, -0.2) is 9.37 Å². The van der Waals surface area contributed by atoms with Crippen LogP contribution in [0.2, 0.25) is 0 Å². The van der Waals surface area contributed by atoms with Crippen molar-refractivity contribution < 1.29 is 9.13 Å². The van der Waals surface area contributed by atoms with Crippen molar-refractivity contribution in [2.75, 3.05) is 7.11 Å². The number of hydrogen-bond acceptors (Lipinski definition) is 4. The molecule has 0 atom stereocenters. The van der Waals surface area contributed by atoms with Gasteiger partial charge in [0.05, 0.1) is 7.11 Å². The Kier molecular flexibility index (Phi) is 4.28. The highest BCUT2D eigenvalue weighted by atomic mass is 32.1. The summed E-state index contributed by atoms with van der Waals surface area (Å²) in [6.45, 7) is 3.07. The van der Waals surface area contributed by atoms with Crippen LogP contribution in [0, 0.1) is 12.7 Å². The molecule has 0 aliphatic carbocycles. The summed E-state index contributed by atoms with van der Waals surface area (Å²) in [5, 5.41) is 6.19. The van der Waals surface area contributed by atoms with Crippen LogP contribution in [0.25, 0.3) is 0 Å². The van der Waals surface area contributed by atoms with Gasteiger partial charge in [0.1, 0.15) is 5.01 Å². The van der Waals surface area contributed by atoms with Crippen molar-refractivity contribution in [3.8, 4) is 5.75 Å². The Labute approximate surface area is 110 Å². The van der Waals surface area contributed by atoms with Crippen molar-refractivity contribution in [1.29, 1.82) is 0 Å². The topological polar surface area (TPSA) is 34.1 Å². The number of rotatable bonds is 5. The molecule has 0 spiro atoms. The Morgan fingerprint density at radius 1 is 1.39 bits per heavy atom. The molecule has 1 N–H and O–H groups in total. The summed E-state index contributed by atoms with van der Waals surface area (Å²) < 4.78 is 18.8. The fraction of sp³-hybridized carbons (Fsp3) is 0.308. The molecule has 0 aliphatic rings. The Bertz CT molecular complexity index is 527. The molecule has 18 heavy (non-hydrogen) atoms. The van der Waals surface area contributed by atoms with E-state index >= 15 is 0 Å². The maximum absolute atomic E-state index is 13.8. The van der Waals surface area contributed by atoms with Crippen LogP contribution in [0.3, 0.4) is 0 Å². The molecule has 0 saturated heterocycles. The summed E-state index contributed by atoms with van der Waals surface area (Å²) in [5.41, 5.74) is 1.62. The number of benzene rings is 1. The van der Waals surface area contributed by atoms with Gasteiger partial charge in [-0.05, 0) is 13.0 Å². The monoisotopic (exact) mass is 266 g/mol. The van der Waals surface area contributed by atoms with E-state index in [1.807, 2.05) is 12.3 Å². The van der Waals surface area contributed by atoms with E-state index in [-0.39, 0.29) is 11.6 Å². The first-order valence-corrected chi connectivity index (χ1v) is 6.51. The van der Waals surface area contributed by atoms with E-state index in [9.17, 15) is 4.39 Å². The van der Waals surface area contributed by atoms with Crippen LogP contribution < -0.4 is 10.1 Å². The zero-order chi connectivity index (χ0) is 13.0. The van der Waals surface area contributed by atoms with Gasteiger partial charge in [-0.1, -0.05) is 12.1 Å². The van der Waals surface area contributed by atoms with Crippen LogP contribution in [0.5, 0.6) is 5.75 Å². The standard InChI is InChI=1S/C13H15FN2OS/c1-9-8-18-12(16-9)7-15-6-10-4-3-5-11(17-2)13(10)14/h3-5,8,15H,6-7H2,1-2H3. The van der Waals surface area contributed by atoms with E-state index in [2.05, 4.69) is 10.3 Å². The number of hydrogen-bond donors (Lipinski definition) is 1. The molecule has 3 nitrogen and oxygen atoms in total. The molecular weight excluding hydrogens is 251 g/mol. The minimum absolute atomic E-state index is 0.277. The lowest BCUT2D eigenvalue weighted by Crippen LogP contribution is -2.13. The maximum atomic E-state index is 13.8. The minimum atomic E-state index is -0.303. The van der Waals surface area contributed by atoms with Gasteiger partial charge in [0.25, 0.3) is 0 Å². The predicted octanol–water partition coefficient (Wildman–Crippen LogP) is 2.89. The van der Waals surface area contributed by atoms with Gasteiger partial charge in [-0.3, -0.25) is 0 Å². The Balaban J connectivity index is 1.94. The molecule has 0 saturated carbocycles. The molecule has 0 amide bonds. The largest absolute Gasteiger partial charge is 0.494 e. The number of aromatic nitrogens is 1. The van der Waals surface area contributed by atoms with E-state index in [1.54, 1.807) is 29.5 Å². The third-order valence-electron chi connectivity index (χ3n) is 2.52. The maximum Gasteiger partial charge on any atom is 0.169 e. The molecule has 0 aliphatic heterocycles. The van der Waals surface area contributed by atoms with Crippen molar-refractivity contribution in [1.82, 2.24) is 10.3 Å². The zero-order valence-electron chi connectivity index (χ0n) is 10.4. The molecule has 1 heterocycles. The van der Waals surface area contributed by atoms with E-state index < -0.39 is 0 Å². The number of ether oxygens (including phenoxy) is 1. The normalized spacial score (nSPS) is 10.6. The highest BCUT2D eigenvalue weighted by molar-refractivity contribution is 7.09. The lowest BCUT2D eigenvalue weighted by atomic mass is 10.2. The molecule has 0 radical (unpaired) electrons. The van der Waals surface area contributed by atoms with Crippen LogP contribution in [0.15, 0.2) is 23.6 Å². The van der Waals surface area contributed by atoms with Gasteiger partial charge in [-0.15, -0.1) is 11.3 Å². The van der Waals surface area contributed by atoms with E-state index in [0.717, 1.165) is 10.7 Å². The predicted molar refractivity (Wildman–Crippen MR) is 70.3 cm³/mol. The summed E-state index contributed by atoms with van der Waals surface area (Å²) in [6, 6.07) is 5.15. The fourth-order valence-electron chi connectivity index (χ4n) is 1.64. The molecular formula is C13H15FN2OS. The lowest BCUT2D eigenvalue weighted by molar-refractivity contribution is 0.383. The van der Waals surface area contributed by atoms with Gasteiger partial charge in [0.15, 0.2) is 11.6 Å². The van der Waals surface area contributed by atoms with Crippen molar-refractivity contribution in [3.63, 3.8) is 0 Å². The minimum Gasteiger partial charge on any atom is -0.494 e. The third-order valence-corrected chi connectivity index (χ3v) is 3.49. The second-order valence-electron chi connectivity index (χ2n) is 3.92. The summed E-state index contributed by atoms with van der Waals surface area (Å²) in [5.74, 6) is -0.0257. The molecule has 2 aromatic rings. The summed E-state index contributed by atoms with van der Waals surface area (Å²) in [7, 11) is 1.47. The number of methoxy groups -OCH3 is 1. The highest BCUT2D eigenvalue weighted by Gasteiger charge is 2.07. The fourth-order valence-corrected chi connectivity index (χ4v) is 2.38. The first-order valence-electron chi connectivity index (χ1n) is 5.64. The van der Waals surface area contributed by atoms with Gasteiger partial charge in [0.2, 0.25) is 0 Å². The van der Waals surface area contributed by atoms with E-state index in [0.29, 0.717) is 18.7 Å². The third kappa shape index (κ3) is 3.05. The van der Waals surface area contributed by atoms with Crippen molar-refractivity contribution in [3.05, 3.63) is 45.7 Å². The van der Waals surface area contributed by atoms with Gasteiger partial charge in [-0.2, -0.15) is 0 Å². The van der Waals surface area contributed by atoms with Crippen LogP contribution in [-0.2, 0) is 13.1 Å². The van der Waals surface area contributed by atoms with Crippen LogP contribution in [-0.4, -0.2) is 12.1 Å². The number of halogens is 1. The number of nitrogens with zero attached hydrogens (tertiary/aromatic N) is 1. The first kappa shape index (κ1) is 13.0. The summed E-state index contributed by atoms with van der Waals surface area (Å²) in [4.78, 5) is 4.34. The number of thiazole rings is 1. The molecule has 0 bridgehead atoms. The smallest absolute Gasteiger partial charge is 0.169 e. The van der Waals surface area contributed by atoms with Crippen LogP contribution >= 0.6 is 11.3 Å². The van der Waals surface area contributed by atoms with Crippen molar-refractivity contribution in [2.45, 2.75) is 20.0 Å². The summed E-state index contributed by atoms with van der Waals surface area (Å²) in [6.07, 6.45) is 0. The van der Waals surface area contributed by atoms with Crippen molar-refractivity contribution in [2.24, 2.45) is 0 Å². The first-order chi connectivity index (χ1) is 8.70. The average Bonchev–Trinajstić information content (AvgIpc) is 2.77. The Hall–Kier alpha value is -1.46. The Morgan fingerprint density at radius 2 is 2.22 bits per heavy atom. The highest BCUT2D eigenvalue weighted by Crippen LogP contribution is 2.19. The molecule has 1 aromatic heterocycles. The lowest BCUT2D eigenvalue weighted by Gasteiger charge is -2.07. The second-order valence-corrected chi connectivity index (χ2v) is 4.86. The molecule has 96 valence electrons. The SMILES string of the molecule is COc1cccc(CNCc2nc(C)cs2)c1F. The summed E-state index contributed by atoms with van der Waals surface area (Å²) >= 11 is 1.60. The van der Waals surface area contributed by atoms with Gasteiger partial charge in [0, 0.05) is 29.7 Å². The number of nitrogens with one attached hydrogen (secondary N) is 1. The quantitative estimate of drug-likeness (QED) is 0.903. The molecule has 5 heteroatoms. The molecule has 1 aromatic carbocycles. The zero-order valence-corrected chi connectivity index (χ0v) is 11.2. The van der Waals surface area contributed by atoms with Crippen LogP contribution in [0.1, 0.15) is 16.3 Å². The Morgan fingerprint density at radius 3 is 2.89 bits per heavy atom. The van der Waals surface area contributed by atoms with E-state index in [4.69, 9.17) is 4.74 Å². The van der Waals surface area contributed by atoms with Crippen molar-refractivity contribution >= 4 is 11.3 Å². The average molecular weight is 266 g/mol.